The summed E-state index contributed by atoms with van der Waals surface area (Å²) in [5.74, 6) is 2.13. The van der Waals surface area contributed by atoms with Crippen molar-refractivity contribution in [1.29, 1.82) is 0 Å². The Hall–Kier alpha value is -2.27. The van der Waals surface area contributed by atoms with Crippen LogP contribution in [0, 0.1) is 0 Å². The van der Waals surface area contributed by atoms with E-state index in [1.165, 1.54) is 0 Å². The van der Waals surface area contributed by atoms with Crippen molar-refractivity contribution in [2.45, 2.75) is 13.0 Å². The normalized spacial score (nSPS) is 11.8. The van der Waals surface area contributed by atoms with Crippen LogP contribution >= 0.6 is 0 Å². The lowest BCUT2D eigenvalue weighted by Crippen LogP contribution is -1.98. The molecule has 1 aromatic carbocycles. The number of ether oxygens (including phenoxy) is 3. The highest BCUT2D eigenvalue weighted by Crippen LogP contribution is 2.32. The van der Waals surface area contributed by atoms with Crippen LogP contribution in [0.5, 0.6) is 23.1 Å². The van der Waals surface area contributed by atoms with Gasteiger partial charge in [-0.25, -0.2) is 4.98 Å². The molecule has 0 fully saturated rings. The Bertz CT molecular complexity index is 562. The van der Waals surface area contributed by atoms with Crippen LogP contribution in [0.4, 0.5) is 0 Å². The SMILES string of the molecule is COc1cc(OC)cc(Oc2ncccc2[C@H](C)O)c1. The Kier molecular flexibility index (Phi) is 4.42. The number of benzene rings is 1. The van der Waals surface area contributed by atoms with Gasteiger partial charge in [0.1, 0.15) is 17.2 Å². The second-order valence-electron chi connectivity index (χ2n) is 4.22. The zero-order valence-electron chi connectivity index (χ0n) is 11.7. The van der Waals surface area contributed by atoms with Crippen molar-refractivity contribution >= 4 is 0 Å². The first-order valence-electron chi connectivity index (χ1n) is 6.18. The highest BCUT2D eigenvalue weighted by atomic mass is 16.5. The molecule has 0 saturated heterocycles. The number of rotatable bonds is 5. The van der Waals surface area contributed by atoms with Crippen molar-refractivity contribution in [2.24, 2.45) is 0 Å². The zero-order valence-corrected chi connectivity index (χ0v) is 11.7. The average Bonchev–Trinajstić information content (AvgIpc) is 2.47. The number of aliphatic hydroxyl groups excluding tert-OH is 1. The number of methoxy groups -OCH3 is 2. The molecule has 2 rings (SSSR count). The molecule has 106 valence electrons. The quantitative estimate of drug-likeness (QED) is 0.909. The van der Waals surface area contributed by atoms with Crippen LogP contribution in [-0.2, 0) is 0 Å². The maximum absolute atomic E-state index is 9.71. The number of nitrogens with zero attached hydrogens (tertiary/aromatic N) is 1. The first-order chi connectivity index (χ1) is 9.63. The zero-order chi connectivity index (χ0) is 14.5. The van der Waals surface area contributed by atoms with Crippen molar-refractivity contribution in [3.63, 3.8) is 0 Å². The number of pyridine rings is 1. The summed E-state index contributed by atoms with van der Waals surface area (Å²) in [4.78, 5) is 4.14. The smallest absolute Gasteiger partial charge is 0.225 e. The van der Waals surface area contributed by atoms with Gasteiger partial charge in [0.25, 0.3) is 0 Å². The maximum Gasteiger partial charge on any atom is 0.225 e. The van der Waals surface area contributed by atoms with Gasteiger partial charge in [-0.05, 0) is 19.1 Å². The Labute approximate surface area is 117 Å². The van der Waals surface area contributed by atoms with Gasteiger partial charge in [0.05, 0.1) is 20.3 Å². The van der Waals surface area contributed by atoms with E-state index in [4.69, 9.17) is 14.2 Å². The van der Waals surface area contributed by atoms with Gasteiger partial charge in [-0.2, -0.15) is 0 Å². The molecule has 1 aromatic heterocycles. The summed E-state index contributed by atoms with van der Waals surface area (Å²) in [6.45, 7) is 1.66. The first-order valence-corrected chi connectivity index (χ1v) is 6.18. The minimum atomic E-state index is -0.661. The van der Waals surface area contributed by atoms with Crippen molar-refractivity contribution in [3.8, 4) is 23.1 Å². The molecular weight excluding hydrogens is 258 g/mol. The maximum atomic E-state index is 9.71. The van der Waals surface area contributed by atoms with E-state index in [0.29, 0.717) is 28.7 Å². The Morgan fingerprint density at radius 1 is 1.05 bits per heavy atom. The molecule has 0 bridgehead atoms. The molecule has 0 radical (unpaired) electrons. The minimum absolute atomic E-state index is 0.359. The molecule has 0 aliphatic carbocycles. The molecule has 0 spiro atoms. The van der Waals surface area contributed by atoms with Gasteiger partial charge in [0.15, 0.2) is 0 Å². The lowest BCUT2D eigenvalue weighted by Gasteiger charge is -2.13. The predicted molar refractivity (Wildman–Crippen MR) is 74.5 cm³/mol. The molecule has 1 atom stereocenters. The van der Waals surface area contributed by atoms with E-state index in [9.17, 15) is 5.11 Å². The van der Waals surface area contributed by atoms with E-state index in [0.717, 1.165) is 0 Å². The van der Waals surface area contributed by atoms with Crippen LogP contribution in [0.3, 0.4) is 0 Å². The van der Waals surface area contributed by atoms with Crippen molar-refractivity contribution in [2.75, 3.05) is 14.2 Å². The molecule has 5 nitrogen and oxygen atoms in total. The highest BCUT2D eigenvalue weighted by Gasteiger charge is 2.12. The number of aliphatic hydroxyl groups is 1. The second kappa shape index (κ2) is 6.25. The Morgan fingerprint density at radius 3 is 2.20 bits per heavy atom. The molecule has 1 N–H and O–H groups in total. The molecule has 20 heavy (non-hydrogen) atoms. The monoisotopic (exact) mass is 275 g/mol. The minimum Gasteiger partial charge on any atom is -0.496 e. The van der Waals surface area contributed by atoms with Crippen LogP contribution in [-0.4, -0.2) is 24.3 Å². The van der Waals surface area contributed by atoms with Crippen molar-refractivity contribution in [1.82, 2.24) is 4.98 Å². The third-order valence-corrected chi connectivity index (χ3v) is 2.79. The summed E-state index contributed by atoms with van der Waals surface area (Å²) in [5, 5.41) is 9.71. The van der Waals surface area contributed by atoms with Gasteiger partial charge in [0.2, 0.25) is 5.88 Å². The van der Waals surface area contributed by atoms with E-state index in [2.05, 4.69) is 4.98 Å². The molecular formula is C15H17NO4. The third kappa shape index (κ3) is 3.19. The third-order valence-electron chi connectivity index (χ3n) is 2.79. The number of hydrogen-bond donors (Lipinski definition) is 1. The van der Waals surface area contributed by atoms with Gasteiger partial charge in [-0.3, -0.25) is 0 Å². The lowest BCUT2D eigenvalue weighted by atomic mass is 10.2. The van der Waals surface area contributed by atoms with Gasteiger partial charge in [-0.15, -0.1) is 0 Å². The summed E-state index contributed by atoms with van der Waals surface area (Å²) in [5.41, 5.74) is 0.620. The lowest BCUT2D eigenvalue weighted by molar-refractivity contribution is 0.194. The molecule has 2 aromatic rings. The van der Waals surface area contributed by atoms with Gasteiger partial charge < -0.3 is 19.3 Å². The van der Waals surface area contributed by atoms with Crippen molar-refractivity contribution in [3.05, 3.63) is 42.1 Å². The topological polar surface area (TPSA) is 60.8 Å². The van der Waals surface area contributed by atoms with E-state index >= 15 is 0 Å². The highest BCUT2D eigenvalue weighted by molar-refractivity contribution is 5.44. The van der Waals surface area contributed by atoms with Crippen LogP contribution < -0.4 is 14.2 Å². The molecule has 0 unspecified atom stereocenters. The van der Waals surface area contributed by atoms with Gasteiger partial charge >= 0.3 is 0 Å². The largest absolute Gasteiger partial charge is 0.496 e. The second-order valence-corrected chi connectivity index (χ2v) is 4.22. The van der Waals surface area contributed by atoms with Gasteiger partial charge in [0, 0.05) is 30.0 Å². The molecule has 5 heteroatoms. The summed E-state index contributed by atoms with van der Waals surface area (Å²) in [7, 11) is 3.14. The van der Waals surface area contributed by atoms with E-state index in [1.54, 1.807) is 57.7 Å². The Morgan fingerprint density at radius 2 is 1.65 bits per heavy atom. The summed E-state index contributed by atoms with van der Waals surface area (Å²) in [6, 6.07) is 8.72. The summed E-state index contributed by atoms with van der Waals surface area (Å²) in [6.07, 6.45) is 0.949. The van der Waals surface area contributed by atoms with Crippen LogP contribution in [0.1, 0.15) is 18.6 Å². The molecule has 0 amide bonds. The predicted octanol–water partition coefficient (Wildman–Crippen LogP) is 2.94. The number of hydrogen-bond acceptors (Lipinski definition) is 5. The summed E-state index contributed by atoms with van der Waals surface area (Å²) >= 11 is 0. The van der Waals surface area contributed by atoms with Gasteiger partial charge in [-0.1, -0.05) is 0 Å². The standard InChI is InChI=1S/C15H17NO4/c1-10(17)14-5-4-6-16-15(14)20-13-8-11(18-2)7-12(9-13)19-3/h4-10,17H,1-3H3/t10-/m0/s1. The first kappa shape index (κ1) is 14.1. The molecule has 0 saturated carbocycles. The summed E-state index contributed by atoms with van der Waals surface area (Å²) < 4.78 is 16.1. The van der Waals surface area contributed by atoms with E-state index in [-0.39, 0.29) is 0 Å². The van der Waals surface area contributed by atoms with Crippen LogP contribution in [0.25, 0.3) is 0 Å². The van der Waals surface area contributed by atoms with Crippen molar-refractivity contribution < 1.29 is 19.3 Å². The molecule has 1 heterocycles. The van der Waals surface area contributed by atoms with Crippen LogP contribution in [0.15, 0.2) is 36.5 Å². The van der Waals surface area contributed by atoms with E-state index in [1.807, 2.05) is 0 Å². The average molecular weight is 275 g/mol. The fourth-order valence-corrected chi connectivity index (χ4v) is 1.76. The Balaban J connectivity index is 2.34. The van der Waals surface area contributed by atoms with Crippen LogP contribution in [0.2, 0.25) is 0 Å². The fraction of sp³-hybridized carbons (Fsp3) is 0.267. The fourth-order valence-electron chi connectivity index (χ4n) is 1.76. The number of aromatic nitrogens is 1. The molecule has 0 aliphatic rings. The van der Waals surface area contributed by atoms with E-state index < -0.39 is 6.10 Å². The molecule has 0 aliphatic heterocycles.